The molecule has 0 saturated heterocycles. The maximum Gasteiger partial charge on any atom is 0.123 e. The topological polar surface area (TPSA) is 21.3 Å². The monoisotopic (exact) mass is 289 g/mol. The summed E-state index contributed by atoms with van der Waals surface area (Å²) in [5, 5.41) is 5.70. The largest absolute Gasteiger partial charge is 0.496 e. The van der Waals surface area contributed by atoms with Gasteiger partial charge in [0.15, 0.2) is 0 Å². The zero-order valence-electron chi connectivity index (χ0n) is 12.7. The molecule has 0 aliphatic rings. The van der Waals surface area contributed by atoms with Gasteiger partial charge in [0.1, 0.15) is 5.75 Å². The van der Waals surface area contributed by atoms with Crippen molar-refractivity contribution in [2.24, 2.45) is 0 Å². The van der Waals surface area contributed by atoms with Crippen molar-refractivity contribution < 1.29 is 4.74 Å². The third-order valence-electron chi connectivity index (χ3n) is 3.51. The molecule has 1 aromatic heterocycles. The summed E-state index contributed by atoms with van der Waals surface area (Å²) >= 11 is 1.82. The van der Waals surface area contributed by atoms with Crippen LogP contribution in [0.2, 0.25) is 0 Å². The summed E-state index contributed by atoms with van der Waals surface area (Å²) in [6.45, 7) is 8.45. The molecule has 0 unspecified atom stereocenters. The van der Waals surface area contributed by atoms with E-state index in [-0.39, 0.29) is 5.41 Å². The number of hydrogen-bond acceptors (Lipinski definition) is 3. The van der Waals surface area contributed by atoms with E-state index in [1.54, 1.807) is 7.11 Å². The van der Waals surface area contributed by atoms with Crippen LogP contribution in [0.3, 0.4) is 0 Å². The normalized spacial score (nSPS) is 11.6. The summed E-state index contributed by atoms with van der Waals surface area (Å²) in [7, 11) is 1.73. The van der Waals surface area contributed by atoms with E-state index in [0.717, 1.165) is 18.8 Å². The molecule has 0 radical (unpaired) electrons. The Morgan fingerprint density at radius 1 is 1.25 bits per heavy atom. The van der Waals surface area contributed by atoms with E-state index in [4.69, 9.17) is 4.74 Å². The average Bonchev–Trinajstić information content (AvgIpc) is 2.93. The van der Waals surface area contributed by atoms with Crippen molar-refractivity contribution in [3.05, 3.63) is 51.7 Å². The fraction of sp³-hybridized carbons (Fsp3) is 0.412. The van der Waals surface area contributed by atoms with Crippen molar-refractivity contribution in [3.63, 3.8) is 0 Å². The fourth-order valence-corrected chi connectivity index (χ4v) is 3.16. The summed E-state index contributed by atoms with van der Waals surface area (Å²) in [6.07, 6.45) is 0. The van der Waals surface area contributed by atoms with Gasteiger partial charge in [-0.05, 0) is 24.4 Å². The molecule has 20 heavy (non-hydrogen) atoms. The molecule has 0 aliphatic heterocycles. The highest BCUT2D eigenvalue weighted by atomic mass is 32.1. The highest BCUT2D eigenvalue weighted by Gasteiger charge is 2.21. The van der Waals surface area contributed by atoms with Crippen molar-refractivity contribution >= 4 is 11.3 Å². The molecule has 0 amide bonds. The molecule has 0 spiro atoms. The van der Waals surface area contributed by atoms with Crippen LogP contribution in [-0.4, -0.2) is 13.7 Å². The van der Waals surface area contributed by atoms with Crippen LogP contribution in [-0.2, 0) is 12.0 Å². The van der Waals surface area contributed by atoms with Crippen molar-refractivity contribution in [2.45, 2.75) is 32.7 Å². The smallest absolute Gasteiger partial charge is 0.123 e. The molecular formula is C17H23NOS. The Hall–Kier alpha value is -1.32. The lowest BCUT2D eigenvalue weighted by Gasteiger charge is -2.24. The Balaban J connectivity index is 1.98. The maximum absolute atomic E-state index is 5.42. The van der Waals surface area contributed by atoms with E-state index < -0.39 is 0 Å². The SMILES string of the molecule is COc1ccc(C)cc1CNCC(C)(C)c1cccs1. The second-order valence-corrected chi connectivity index (χ2v) is 6.73. The summed E-state index contributed by atoms with van der Waals surface area (Å²) in [6, 6.07) is 10.6. The predicted molar refractivity (Wildman–Crippen MR) is 86.8 cm³/mol. The van der Waals surface area contributed by atoms with E-state index in [1.165, 1.54) is 16.0 Å². The van der Waals surface area contributed by atoms with Crippen LogP contribution in [0.4, 0.5) is 0 Å². The molecule has 3 heteroatoms. The molecule has 1 N–H and O–H groups in total. The van der Waals surface area contributed by atoms with Gasteiger partial charge in [-0.15, -0.1) is 11.3 Å². The predicted octanol–water partition coefficient (Wildman–Crippen LogP) is 4.13. The highest BCUT2D eigenvalue weighted by Crippen LogP contribution is 2.27. The number of benzene rings is 1. The van der Waals surface area contributed by atoms with Gasteiger partial charge in [0, 0.05) is 28.9 Å². The third-order valence-corrected chi connectivity index (χ3v) is 4.74. The average molecular weight is 289 g/mol. The molecule has 0 atom stereocenters. The number of aryl methyl sites for hydroxylation is 1. The molecule has 0 fully saturated rings. The minimum absolute atomic E-state index is 0.158. The molecular weight excluding hydrogens is 266 g/mol. The number of hydrogen-bond donors (Lipinski definition) is 1. The second kappa shape index (κ2) is 6.42. The quantitative estimate of drug-likeness (QED) is 0.863. The molecule has 0 saturated carbocycles. The lowest BCUT2D eigenvalue weighted by molar-refractivity contribution is 0.404. The number of methoxy groups -OCH3 is 1. The van der Waals surface area contributed by atoms with Crippen LogP contribution in [0.15, 0.2) is 35.7 Å². The zero-order valence-corrected chi connectivity index (χ0v) is 13.5. The fourth-order valence-electron chi connectivity index (χ4n) is 2.31. The molecule has 1 aromatic carbocycles. The van der Waals surface area contributed by atoms with Crippen LogP contribution in [0, 0.1) is 6.92 Å². The summed E-state index contributed by atoms with van der Waals surface area (Å²) in [4.78, 5) is 1.42. The summed E-state index contributed by atoms with van der Waals surface area (Å²) in [5.41, 5.74) is 2.64. The van der Waals surface area contributed by atoms with Crippen LogP contribution < -0.4 is 10.1 Å². The van der Waals surface area contributed by atoms with Crippen LogP contribution in [0.1, 0.15) is 29.9 Å². The van der Waals surface area contributed by atoms with Gasteiger partial charge in [0.2, 0.25) is 0 Å². The van der Waals surface area contributed by atoms with Gasteiger partial charge < -0.3 is 10.1 Å². The standard InChI is InChI=1S/C17H23NOS/c1-13-7-8-15(19-4)14(10-13)11-18-12-17(2,3)16-6-5-9-20-16/h5-10,18H,11-12H2,1-4H3. The Kier molecular flexibility index (Phi) is 4.84. The Morgan fingerprint density at radius 3 is 2.70 bits per heavy atom. The van der Waals surface area contributed by atoms with E-state index >= 15 is 0 Å². The zero-order chi connectivity index (χ0) is 14.6. The van der Waals surface area contributed by atoms with Crippen LogP contribution >= 0.6 is 11.3 Å². The molecule has 0 aliphatic carbocycles. The third kappa shape index (κ3) is 3.62. The lowest BCUT2D eigenvalue weighted by Crippen LogP contribution is -2.32. The second-order valence-electron chi connectivity index (χ2n) is 5.78. The van der Waals surface area contributed by atoms with E-state index in [0.29, 0.717) is 0 Å². The van der Waals surface area contributed by atoms with Crippen molar-refractivity contribution in [3.8, 4) is 5.75 Å². The molecule has 108 valence electrons. The Morgan fingerprint density at radius 2 is 2.05 bits per heavy atom. The summed E-state index contributed by atoms with van der Waals surface area (Å²) in [5.74, 6) is 0.956. The minimum atomic E-state index is 0.158. The Bertz CT molecular complexity index is 546. The lowest BCUT2D eigenvalue weighted by atomic mass is 9.91. The van der Waals surface area contributed by atoms with Gasteiger partial charge in [-0.25, -0.2) is 0 Å². The summed E-state index contributed by atoms with van der Waals surface area (Å²) < 4.78 is 5.42. The molecule has 2 rings (SSSR count). The van der Waals surface area contributed by atoms with Gasteiger partial charge in [-0.2, -0.15) is 0 Å². The maximum atomic E-state index is 5.42. The number of ether oxygens (including phenoxy) is 1. The number of rotatable bonds is 6. The molecule has 0 bridgehead atoms. The van der Waals surface area contributed by atoms with E-state index in [9.17, 15) is 0 Å². The van der Waals surface area contributed by atoms with E-state index in [2.05, 4.69) is 55.7 Å². The number of thiophene rings is 1. The Labute approximate surface area is 125 Å². The van der Waals surface area contributed by atoms with Gasteiger partial charge >= 0.3 is 0 Å². The first-order valence-electron chi connectivity index (χ1n) is 6.91. The van der Waals surface area contributed by atoms with E-state index in [1.807, 2.05) is 17.4 Å². The van der Waals surface area contributed by atoms with Gasteiger partial charge in [0.05, 0.1) is 7.11 Å². The molecule has 2 aromatic rings. The first-order chi connectivity index (χ1) is 9.53. The minimum Gasteiger partial charge on any atom is -0.496 e. The molecule has 2 nitrogen and oxygen atoms in total. The van der Waals surface area contributed by atoms with Crippen molar-refractivity contribution in [2.75, 3.05) is 13.7 Å². The molecule has 1 heterocycles. The first-order valence-corrected chi connectivity index (χ1v) is 7.79. The number of nitrogens with one attached hydrogen (secondary N) is 1. The van der Waals surface area contributed by atoms with Crippen molar-refractivity contribution in [1.29, 1.82) is 0 Å². The highest BCUT2D eigenvalue weighted by molar-refractivity contribution is 7.10. The van der Waals surface area contributed by atoms with Crippen molar-refractivity contribution in [1.82, 2.24) is 5.32 Å². The van der Waals surface area contributed by atoms with Gasteiger partial charge in [-0.3, -0.25) is 0 Å². The van der Waals surface area contributed by atoms with Crippen LogP contribution in [0.5, 0.6) is 5.75 Å². The van der Waals surface area contributed by atoms with Crippen LogP contribution in [0.25, 0.3) is 0 Å². The van der Waals surface area contributed by atoms with Gasteiger partial charge in [0.25, 0.3) is 0 Å². The van der Waals surface area contributed by atoms with Gasteiger partial charge in [-0.1, -0.05) is 37.6 Å². The first kappa shape index (κ1) is 15.1.